The summed E-state index contributed by atoms with van der Waals surface area (Å²) in [5.74, 6) is -0.447. The van der Waals surface area contributed by atoms with Crippen molar-refractivity contribution in [2.45, 2.75) is 31.7 Å². The normalized spacial score (nSPS) is 17.8. The third kappa shape index (κ3) is 3.67. The summed E-state index contributed by atoms with van der Waals surface area (Å²) in [6.07, 6.45) is 2.10. The van der Waals surface area contributed by atoms with Gasteiger partial charge in [0, 0.05) is 13.0 Å². The monoisotopic (exact) mass is 311 g/mol. The number of carboxylic acids is 1. The second-order valence-corrected chi connectivity index (χ2v) is 5.46. The molecule has 0 aliphatic carbocycles. The first kappa shape index (κ1) is 15.6. The topological polar surface area (TPSA) is 66.8 Å². The van der Waals surface area contributed by atoms with Crippen LogP contribution >= 0.6 is 11.6 Å². The van der Waals surface area contributed by atoms with E-state index in [1.165, 1.54) is 4.90 Å². The molecule has 1 aliphatic heterocycles. The summed E-state index contributed by atoms with van der Waals surface area (Å²) in [6.45, 7) is 0.527. The largest absolute Gasteiger partial charge is 0.495 e. The Morgan fingerprint density at radius 1 is 1.48 bits per heavy atom. The van der Waals surface area contributed by atoms with Gasteiger partial charge in [-0.25, -0.2) is 4.79 Å². The number of carbonyl (C=O) groups excluding carboxylic acids is 1. The molecule has 5 nitrogen and oxygen atoms in total. The highest BCUT2D eigenvalue weighted by molar-refractivity contribution is 6.32. The third-order valence-corrected chi connectivity index (χ3v) is 4.00. The lowest BCUT2D eigenvalue weighted by atomic mass is 10.1. The van der Waals surface area contributed by atoms with Gasteiger partial charge in [-0.3, -0.25) is 4.79 Å². The van der Waals surface area contributed by atoms with Gasteiger partial charge in [-0.15, -0.1) is 0 Å². The molecule has 1 aromatic carbocycles. The fraction of sp³-hybridized carbons (Fsp3) is 0.467. The number of nitrogens with zero attached hydrogens (tertiary/aromatic N) is 1. The fourth-order valence-electron chi connectivity index (χ4n) is 2.58. The Bertz CT molecular complexity index is 546. The standard InChI is InChI=1S/C15H18ClNO4/c1-21-13-6-4-10(9-11(13)16)5-7-14(18)17-8-2-3-12(17)15(19)20/h4,6,9,12H,2-3,5,7-8H2,1H3,(H,19,20)/t12-/m0/s1. The Morgan fingerprint density at radius 2 is 2.24 bits per heavy atom. The zero-order valence-electron chi connectivity index (χ0n) is 11.8. The van der Waals surface area contributed by atoms with E-state index in [-0.39, 0.29) is 12.3 Å². The van der Waals surface area contributed by atoms with Crippen LogP contribution in [0.4, 0.5) is 0 Å². The average molecular weight is 312 g/mol. The number of methoxy groups -OCH3 is 1. The van der Waals surface area contributed by atoms with E-state index in [1.54, 1.807) is 19.2 Å². The van der Waals surface area contributed by atoms with Crippen molar-refractivity contribution in [3.63, 3.8) is 0 Å². The lowest BCUT2D eigenvalue weighted by Gasteiger charge is -2.21. The molecule has 1 N–H and O–H groups in total. The van der Waals surface area contributed by atoms with Crippen molar-refractivity contribution in [3.05, 3.63) is 28.8 Å². The Labute approximate surface area is 128 Å². The first-order chi connectivity index (χ1) is 10.0. The van der Waals surface area contributed by atoms with Crippen molar-refractivity contribution in [3.8, 4) is 5.75 Å². The van der Waals surface area contributed by atoms with E-state index in [4.69, 9.17) is 21.4 Å². The molecule has 1 aromatic rings. The van der Waals surface area contributed by atoms with Crippen LogP contribution in [0.5, 0.6) is 5.75 Å². The second kappa shape index (κ2) is 6.80. The predicted molar refractivity (Wildman–Crippen MR) is 78.7 cm³/mol. The summed E-state index contributed by atoms with van der Waals surface area (Å²) in [4.78, 5) is 24.7. The first-order valence-electron chi connectivity index (χ1n) is 6.87. The molecule has 2 rings (SSSR count). The Morgan fingerprint density at radius 3 is 2.86 bits per heavy atom. The van der Waals surface area contributed by atoms with Crippen molar-refractivity contribution >= 4 is 23.5 Å². The van der Waals surface area contributed by atoms with Crippen LogP contribution in [0.3, 0.4) is 0 Å². The maximum Gasteiger partial charge on any atom is 0.326 e. The number of amides is 1. The lowest BCUT2D eigenvalue weighted by Crippen LogP contribution is -2.40. The molecule has 0 unspecified atom stereocenters. The van der Waals surface area contributed by atoms with Crippen LogP contribution in [0.25, 0.3) is 0 Å². The molecule has 0 aromatic heterocycles. The van der Waals surface area contributed by atoms with E-state index in [2.05, 4.69) is 0 Å². The number of likely N-dealkylation sites (tertiary alicyclic amines) is 1. The molecular weight excluding hydrogens is 294 g/mol. The van der Waals surface area contributed by atoms with Crippen molar-refractivity contribution in [1.82, 2.24) is 4.90 Å². The SMILES string of the molecule is COc1ccc(CCC(=O)N2CCC[C@H]2C(=O)O)cc1Cl. The zero-order chi connectivity index (χ0) is 15.4. The van der Waals surface area contributed by atoms with Crippen LogP contribution in [0.1, 0.15) is 24.8 Å². The highest BCUT2D eigenvalue weighted by Crippen LogP contribution is 2.26. The molecule has 1 atom stereocenters. The molecule has 1 saturated heterocycles. The summed E-state index contributed by atoms with van der Waals surface area (Å²) in [5.41, 5.74) is 0.931. The minimum Gasteiger partial charge on any atom is -0.495 e. The first-order valence-corrected chi connectivity index (χ1v) is 7.25. The predicted octanol–water partition coefficient (Wildman–Crippen LogP) is 2.36. The lowest BCUT2D eigenvalue weighted by molar-refractivity contribution is -0.148. The minimum atomic E-state index is -0.923. The number of hydrogen-bond donors (Lipinski definition) is 1. The Balaban J connectivity index is 1.95. The molecule has 1 heterocycles. The number of aliphatic carboxylic acids is 1. The molecule has 6 heteroatoms. The highest BCUT2D eigenvalue weighted by atomic mass is 35.5. The van der Waals surface area contributed by atoms with Gasteiger partial charge in [-0.2, -0.15) is 0 Å². The fourth-order valence-corrected chi connectivity index (χ4v) is 2.86. The third-order valence-electron chi connectivity index (χ3n) is 3.70. The van der Waals surface area contributed by atoms with Crippen molar-refractivity contribution in [1.29, 1.82) is 0 Å². The Hall–Kier alpha value is -1.75. The number of carboxylic acid groups (broad SMARTS) is 1. The van der Waals surface area contributed by atoms with Gasteiger partial charge in [0.2, 0.25) is 5.91 Å². The van der Waals surface area contributed by atoms with Crippen molar-refractivity contribution in [2.75, 3.05) is 13.7 Å². The molecular formula is C15H18ClNO4. The summed E-state index contributed by atoms with van der Waals surface area (Å²) < 4.78 is 5.07. The van der Waals surface area contributed by atoms with Gasteiger partial charge >= 0.3 is 5.97 Å². The number of rotatable bonds is 5. The number of halogens is 1. The number of carbonyl (C=O) groups is 2. The summed E-state index contributed by atoms with van der Waals surface area (Å²) in [6, 6.07) is 4.72. The van der Waals surface area contributed by atoms with Gasteiger partial charge in [-0.05, 0) is 37.0 Å². The van der Waals surface area contributed by atoms with Gasteiger partial charge < -0.3 is 14.7 Å². The minimum absolute atomic E-state index is 0.119. The summed E-state index contributed by atoms with van der Waals surface area (Å²) in [7, 11) is 1.55. The zero-order valence-corrected chi connectivity index (χ0v) is 12.6. The quantitative estimate of drug-likeness (QED) is 0.906. The molecule has 0 radical (unpaired) electrons. The van der Waals surface area contributed by atoms with E-state index < -0.39 is 12.0 Å². The molecule has 0 saturated carbocycles. The average Bonchev–Trinajstić information content (AvgIpc) is 2.94. The van der Waals surface area contributed by atoms with E-state index in [1.807, 2.05) is 6.07 Å². The second-order valence-electron chi connectivity index (χ2n) is 5.05. The van der Waals surface area contributed by atoms with E-state index in [0.717, 1.165) is 12.0 Å². The highest BCUT2D eigenvalue weighted by Gasteiger charge is 2.33. The molecule has 21 heavy (non-hydrogen) atoms. The molecule has 1 aliphatic rings. The maximum absolute atomic E-state index is 12.1. The number of aryl methyl sites for hydroxylation is 1. The maximum atomic E-state index is 12.1. The molecule has 114 valence electrons. The van der Waals surface area contributed by atoms with Crippen LogP contribution < -0.4 is 4.74 Å². The summed E-state index contributed by atoms with van der Waals surface area (Å²) in [5, 5.41) is 9.59. The smallest absolute Gasteiger partial charge is 0.326 e. The van der Waals surface area contributed by atoms with Gasteiger partial charge in [0.05, 0.1) is 12.1 Å². The van der Waals surface area contributed by atoms with Crippen LogP contribution in [-0.2, 0) is 16.0 Å². The van der Waals surface area contributed by atoms with Gasteiger partial charge in [0.15, 0.2) is 0 Å². The number of ether oxygens (including phenoxy) is 1. The van der Waals surface area contributed by atoms with Crippen LogP contribution in [0, 0.1) is 0 Å². The van der Waals surface area contributed by atoms with Crippen LogP contribution in [-0.4, -0.2) is 41.6 Å². The Kier molecular flexibility index (Phi) is 5.07. The summed E-state index contributed by atoms with van der Waals surface area (Å²) >= 11 is 6.04. The van der Waals surface area contributed by atoms with Crippen molar-refractivity contribution < 1.29 is 19.4 Å². The van der Waals surface area contributed by atoms with Crippen LogP contribution in [0.15, 0.2) is 18.2 Å². The van der Waals surface area contributed by atoms with E-state index in [0.29, 0.717) is 30.2 Å². The van der Waals surface area contributed by atoms with Crippen LogP contribution in [0.2, 0.25) is 5.02 Å². The van der Waals surface area contributed by atoms with E-state index in [9.17, 15) is 9.59 Å². The molecule has 1 fully saturated rings. The van der Waals surface area contributed by atoms with Gasteiger partial charge in [0.1, 0.15) is 11.8 Å². The number of benzene rings is 1. The molecule has 1 amide bonds. The van der Waals surface area contributed by atoms with Gasteiger partial charge in [-0.1, -0.05) is 17.7 Å². The van der Waals surface area contributed by atoms with E-state index >= 15 is 0 Å². The number of hydrogen-bond acceptors (Lipinski definition) is 3. The van der Waals surface area contributed by atoms with Crippen molar-refractivity contribution in [2.24, 2.45) is 0 Å². The molecule has 0 bridgehead atoms. The van der Waals surface area contributed by atoms with Gasteiger partial charge in [0.25, 0.3) is 0 Å². The molecule has 0 spiro atoms.